The molecule has 2 rings (SSSR count). The number of furan rings is 1. The third kappa shape index (κ3) is 7.19. The van der Waals surface area contributed by atoms with E-state index in [2.05, 4.69) is 16.0 Å². The van der Waals surface area contributed by atoms with Crippen LogP contribution >= 0.6 is 0 Å². The first-order chi connectivity index (χ1) is 13.1. The maximum absolute atomic E-state index is 12.0. The van der Waals surface area contributed by atoms with Crippen LogP contribution in [0.15, 0.2) is 53.2 Å². The first kappa shape index (κ1) is 20.0. The van der Waals surface area contributed by atoms with Crippen LogP contribution in [0.25, 0.3) is 6.08 Å². The number of rotatable bonds is 9. The molecular formula is C20H23N3O4. The molecule has 0 atom stereocenters. The SMILES string of the molecule is CCCNC(=O)c1cccc(NC(=O)CCNC(=O)/C=C/c2ccco2)c1. The molecule has 0 aliphatic heterocycles. The van der Waals surface area contributed by atoms with E-state index in [0.717, 1.165) is 6.42 Å². The van der Waals surface area contributed by atoms with Crippen LogP contribution in [0.5, 0.6) is 0 Å². The standard InChI is InChI=1S/C20H23N3O4/c1-2-11-22-20(26)15-5-3-6-16(14-15)23-19(25)10-12-21-18(24)9-8-17-7-4-13-27-17/h3-9,13-14H,2,10-12H2,1H3,(H,21,24)(H,22,26)(H,23,25)/b9-8+. The van der Waals surface area contributed by atoms with Crippen molar-refractivity contribution < 1.29 is 18.8 Å². The Bertz CT molecular complexity index is 797. The Balaban J connectivity index is 1.75. The topological polar surface area (TPSA) is 100 Å². The highest BCUT2D eigenvalue weighted by Crippen LogP contribution is 2.11. The number of hydrogen-bond acceptors (Lipinski definition) is 4. The Morgan fingerprint density at radius 2 is 1.93 bits per heavy atom. The number of anilines is 1. The molecule has 1 aromatic heterocycles. The van der Waals surface area contributed by atoms with Crippen molar-refractivity contribution in [3.05, 3.63) is 60.1 Å². The maximum Gasteiger partial charge on any atom is 0.251 e. The van der Waals surface area contributed by atoms with Crippen molar-refractivity contribution in [2.24, 2.45) is 0 Å². The fraction of sp³-hybridized carbons (Fsp3) is 0.250. The van der Waals surface area contributed by atoms with Crippen LogP contribution in [-0.2, 0) is 9.59 Å². The van der Waals surface area contributed by atoms with E-state index < -0.39 is 0 Å². The highest BCUT2D eigenvalue weighted by molar-refractivity contribution is 5.97. The fourth-order valence-electron chi connectivity index (χ4n) is 2.20. The minimum atomic E-state index is -0.311. The second-order valence-electron chi connectivity index (χ2n) is 5.77. The normalized spacial score (nSPS) is 10.6. The largest absolute Gasteiger partial charge is 0.465 e. The van der Waals surface area contributed by atoms with Gasteiger partial charge in [0, 0.05) is 36.8 Å². The van der Waals surface area contributed by atoms with Crippen molar-refractivity contribution >= 4 is 29.5 Å². The molecule has 1 heterocycles. The van der Waals surface area contributed by atoms with Gasteiger partial charge in [0.15, 0.2) is 0 Å². The van der Waals surface area contributed by atoms with Gasteiger partial charge in [0.05, 0.1) is 6.26 Å². The van der Waals surface area contributed by atoms with E-state index in [1.54, 1.807) is 42.5 Å². The summed E-state index contributed by atoms with van der Waals surface area (Å²) in [7, 11) is 0. The second kappa shape index (κ2) is 10.6. The molecule has 0 radical (unpaired) electrons. The molecule has 142 valence electrons. The molecule has 7 heteroatoms. The van der Waals surface area contributed by atoms with Gasteiger partial charge in [-0.3, -0.25) is 14.4 Å². The highest BCUT2D eigenvalue weighted by atomic mass is 16.3. The van der Waals surface area contributed by atoms with Crippen LogP contribution in [0.2, 0.25) is 0 Å². The molecule has 0 unspecified atom stereocenters. The summed E-state index contributed by atoms with van der Waals surface area (Å²) in [5.74, 6) is -0.167. The Morgan fingerprint density at radius 1 is 1.07 bits per heavy atom. The number of nitrogens with one attached hydrogen (secondary N) is 3. The van der Waals surface area contributed by atoms with Crippen LogP contribution in [0.1, 0.15) is 35.9 Å². The van der Waals surface area contributed by atoms with Crippen molar-refractivity contribution in [2.75, 3.05) is 18.4 Å². The number of benzene rings is 1. The van der Waals surface area contributed by atoms with Gasteiger partial charge in [-0.25, -0.2) is 0 Å². The smallest absolute Gasteiger partial charge is 0.251 e. The van der Waals surface area contributed by atoms with Gasteiger partial charge >= 0.3 is 0 Å². The van der Waals surface area contributed by atoms with Gasteiger partial charge in [-0.15, -0.1) is 0 Å². The molecule has 1 aromatic carbocycles. The van der Waals surface area contributed by atoms with E-state index in [-0.39, 0.29) is 30.7 Å². The van der Waals surface area contributed by atoms with Gasteiger partial charge in [0.1, 0.15) is 5.76 Å². The molecule has 27 heavy (non-hydrogen) atoms. The van der Waals surface area contributed by atoms with Gasteiger partial charge in [-0.2, -0.15) is 0 Å². The lowest BCUT2D eigenvalue weighted by atomic mass is 10.2. The van der Waals surface area contributed by atoms with Crippen molar-refractivity contribution in [3.8, 4) is 0 Å². The lowest BCUT2D eigenvalue weighted by molar-refractivity contribution is -0.117. The third-order valence-electron chi connectivity index (χ3n) is 3.54. The zero-order valence-corrected chi connectivity index (χ0v) is 15.2. The molecule has 2 aromatic rings. The minimum Gasteiger partial charge on any atom is -0.465 e. The van der Waals surface area contributed by atoms with Gasteiger partial charge in [-0.05, 0) is 42.8 Å². The van der Waals surface area contributed by atoms with E-state index in [9.17, 15) is 14.4 Å². The number of amides is 3. The van der Waals surface area contributed by atoms with Gasteiger partial charge in [0.25, 0.3) is 5.91 Å². The Morgan fingerprint density at radius 3 is 2.67 bits per heavy atom. The maximum atomic E-state index is 12.0. The number of carbonyl (C=O) groups is 3. The summed E-state index contributed by atoms with van der Waals surface area (Å²) >= 11 is 0. The number of hydrogen-bond donors (Lipinski definition) is 3. The number of carbonyl (C=O) groups excluding carboxylic acids is 3. The van der Waals surface area contributed by atoms with Crippen molar-refractivity contribution in [3.63, 3.8) is 0 Å². The molecule has 0 saturated carbocycles. The molecule has 0 saturated heterocycles. The van der Waals surface area contributed by atoms with Gasteiger partial charge in [-0.1, -0.05) is 13.0 Å². The van der Waals surface area contributed by atoms with Gasteiger partial charge < -0.3 is 20.4 Å². The van der Waals surface area contributed by atoms with E-state index in [4.69, 9.17) is 4.42 Å². The summed E-state index contributed by atoms with van der Waals surface area (Å²) in [6.07, 6.45) is 5.38. The molecule has 3 amide bonds. The second-order valence-corrected chi connectivity index (χ2v) is 5.77. The fourth-order valence-corrected chi connectivity index (χ4v) is 2.20. The van der Waals surface area contributed by atoms with E-state index in [0.29, 0.717) is 23.6 Å². The zero-order chi connectivity index (χ0) is 19.5. The van der Waals surface area contributed by atoms with Crippen molar-refractivity contribution in [1.82, 2.24) is 10.6 Å². The van der Waals surface area contributed by atoms with Gasteiger partial charge in [0.2, 0.25) is 11.8 Å². The van der Waals surface area contributed by atoms with Crippen LogP contribution in [0.3, 0.4) is 0 Å². The first-order valence-corrected chi connectivity index (χ1v) is 8.76. The minimum absolute atomic E-state index is 0.118. The summed E-state index contributed by atoms with van der Waals surface area (Å²) < 4.78 is 5.08. The van der Waals surface area contributed by atoms with Crippen LogP contribution in [-0.4, -0.2) is 30.8 Å². The van der Waals surface area contributed by atoms with E-state index in [1.165, 1.54) is 12.3 Å². The van der Waals surface area contributed by atoms with E-state index in [1.807, 2.05) is 6.92 Å². The monoisotopic (exact) mass is 369 g/mol. The predicted octanol–water partition coefficient (Wildman–Crippen LogP) is 2.58. The summed E-state index contributed by atoms with van der Waals surface area (Å²) in [5, 5.41) is 8.13. The Kier molecular flexibility index (Phi) is 7.84. The van der Waals surface area contributed by atoms with E-state index >= 15 is 0 Å². The first-order valence-electron chi connectivity index (χ1n) is 8.76. The van der Waals surface area contributed by atoms with Crippen LogP contribution in [0, 0.1) is 0 Å². The van der Waals surface area contributed by atoms with Crippen molar-refractivity contribution in [2.45, 2.75) is 19.8 Å². The average Bonchev–Trinajstić information content (AvgIpc) is 3.18. The average molecular weight is 369 g/mol. The molecule has 0 fully saturated rings. The lowest BCUT2D eigenvalue weighted by Crippen LogP contribution is -2.26. The van der Waals surface area contributed by atoms with Crippen LogP contribution in [0.4, 0.5) is 5.69 Å². The highest BCUT2D eigenvalue weighted by Gasteiger charge is 2.07. The molecule has 0 aliphatic rings. The summed E-state index contributed by atoms with van der Waals surface area (Å²) in [5.41, 5.74) is 1.02. The molecule has 7 nitrogen and oxygen atoms in total. The molecule has 0 bridgehead atoms. The summed E-state index contributed by atoms with van der Waals surface area (Å²) in [6.45, 7) is 2.77. The van der Waals surface area contributed by atoms with Crippen LogP contribution < -0.4 is 16.0 Å². The predicted molar refractivity (Wildman–Crippen MR) is 103 cm³/mol. The van der Waals surface area contributed by atoms with Crippen molar-refractivity contribution in [1.29, 1.82) is 0 Å². The lowest BCUT2D eigenvalue weighted by Gasteiger charge is -2.08. The third-order valence-corrected chi connectivity index (χ3v) is 3.54. The molecule has 3 N–H and O–H groups in total. The Labute approximate surface area is 157 Å². The summed E-state index contributed by atoms with van der Waals surface area (Å²) in [4.78, 5) is 35.6. The molecular weight excluding hydrogens is 346 g/mol. The Hall–Kier alpha value is -3.35. The zero-order valence-electron chi connectivity index (χ0n) is 15.2. The molecule has 0 spiro atoms. The molecule has 0 aliphatic carbocycles. The quantitative estimate of drug-likeness (QED) is 0.592. The summed E-state index contributed by atoms with van der Waals surface area (Å²) in [6, 6.07) is 10.2.